The third-order valence-corrected chi connectivity index (χ3v) is 7.35. The second kappa shape index (κ2) is 2.57. The SMILES string of the molecule is CC12PC1(C)[n+]1ccccc1-c1sccc12. The Bertz CT molecular complexity index is 605. The summed E-state index contributed by atoms with van der Waals surface area (Å²) in [6.45, 7) is 4.81. The van der Waals surface area contributed by atoms with Crippen LogP contribution in [-0.2, 0) is 10.4 Å². The van der Waals surface area contributed by atoms with Gasteiger partial charge in [0.05, 0.1) is 5.16 Å². The Morgan fingerprint density at radius 3 is 3.00 bits per heavy atom. The molecule has 4 heterocycles. The lowest BCUT2D eigenvalue weighted by molar-refractivity contribution is -0.721. The maximum Gasteiger partial charge on any atom is 0.223 e. The molecule has 80 valence electrons. The van der Waals surface area contributed by atoms with E-state index < -0.39 is 0 Å². The van der Waals surface area contributed by atoms with Gasteiger partial charge in [0.2, 0.25) is 5.69 Å². The molecule has 16 heavy (non-hydrogen) atoms. The van der Waals surface area contributed by atoms with Gasteiger partial charge in [0.25, 0.3) is 0 Å². The van der Waals surface area contributed by atoms with Crippen molar-refractivity contribution in [3.63, 3.8) is 0 Å². The van der Waals surface area contributed by atoms with E-state index in [-0.39, 0.29) is 0 Å². The van der Waals surface area contributed by atoms with Crippen LogP contribution in [0.5, 0.6) is 0 Å². The molecule has 0 radical (unpaired) electrons. The topological polar surface area (TPSA) is 3.88 Å². The van der Waals surface area contributed by atoms with Gasteiger partial charge in [-0.1, -0.05) is 0 Å². The normalized spacial score (nSPS) is 35.4. The minimum atomic E-state index is 0.331. The maximum absolute atomic E-state index is 2.49. The lowest BCUT2D eigenvalue weighted by Crippen LogP contribution is -2.51. The molecule has 1 saturated heterocycles. The third kappa shape index (κ3) is 0.825. The van der Waals surface area contributed by atoms with Gasteiger partial charge in [0, 0.05) is 19.1 Å². The number of hydrogen-bond acceptors (Lipinski definition) is 1. The molecule has 0 saturated carbocycles. The summed E-state index contributed by atoms with van der Waals surface area (Å²) in [7, 11) is 1.00. The first-order valence-corrected chi connectivity index (χ1v) is 7.44. The summed E-state index contributed by atoms with van der Waals surface area (Å²) in [4.78, 5) is 1.48. The largest absolute Gasteiger partial charge is 0.223 e. The number of thiophene rings is 1. The van der Waals surface area contributed by atoms with Crippen LogP contribution in [-0.4, -0.2) is 0 Å². The van der Waals surface area contributed by atoms with Gasteiger partial charge in [0.15, 0.2) is 11.5 Å². The molecule has 2 aliphatic rings. The zero-order valence-electron chi connectivity index (χ0n) is 9.32. The number of fused-ring (bicyclic) bond motifs is 6. The van der Waals surface area contributed by atoms with Crippen molar-refractivity contribution in [2.45, 2.75) is 24.3 Å². The fourth-order valence-corrected chi connectivity index (χ4v) is 5.95. The summed E-state index contributed by atoms with van der Waals surface area (Å²) in [6, 6.07) is 8.88. The molecule has 1 nitrogen and oxygen atoms in total. The molecule has 3 unspecified atom stereocenters. The molecule has 0 bridgehead atoms. The molecule has 3 heteroatoms. The second-order valence-electron chi connectivity index (χ2n) is 4.94. The quantitative estimate of drug-likeness (QED) is 0.496. The van der Waals surface area contributed by atoms with E-state index in [9.17, 15) is 0 Å². The maximum atomic E-state index is 2.49. The van der Waals surface area contributed by atoms with Gasteiger partial charge in [-0.3, -0.25) is 0 Å². The first-order chi connectivity index (χ1) is 7.67. The van der Waals surface area contributed by atoms with Crippen molar-refractivity contribution < 1.29 is 4.57 Å². The Morgan fingerprint density at radius 2 is 2.12 bits per heavy atom. The van der Waals surface area contributed by atoms with E-state index >= 15 is 0 Å². The molecule has 2 aromatic heterocycles. The Morgan fingerprint density at radius 1 is 1.25 bits per heavy atom. The van der Waals surface area contributed by atoms with E-state index in [1.165, 1.54) is 10.6 Å². The first kappa shape index (κ1) is 9.32. The molecule has 0 aromatic carbocycles. The molecule has 0 spiro atoms. The van der Waals surface area contributed by atoms with Gasteiger partial charge in [-0.05, 0) is 38.6 Å². The van der Waals surface area contributed by atoms with Crippen molar-refractivity contribution in [2.75, 3.05) is 0 Å². The number of hydrogen-bond donors (Lipinski definition) is 0. The van der Waals surface area contributed by atoms with Gasteiger partial charge in [-0.15, -0.1) is 11.3 Å². The zero-order valence-corrected chi connectivity index (χ0v) is 11.1. The lowest BCUT2D eigenvalue weighted by atomic mass is 9.90. The Kier molecular flexibility index (Phi) is 1.50. The molecule has 4 rings (SSSR count). The van der Waals surface area contributed by atoms with Gasteiger partial charge in [-0.25, -0.2) is 0 Å². The van der Waals surface area contributed by atoms with E-state index in [1.807, 2.05) is 11.3 Å². The summed E-state index contributed by atoms with van der Waals surface area (Å²) in [5.74, 6) is 0. The van der Waals surface area contributed by atoms with Crippen LogP contribution in [0.25, 0.3) is 10.6 Å². The van der Waals surface area contributed by atoms with Crippen LogP contribution < -0.4 is 4.57 Å². The van der Waals surface area contributed by atoms with Gasteiger partial charge in [0.1, 0.15) is 4.88 Å². The zero-order chi connectivity index (χ0) is 11.0. The van der Waals surface area contributed by atoms with Crippen LogP contribution in [0, 0.1) is 0 Å². The molecular weight excluding hydrogens is 233 g/mol. The van der Waals surface area contributed by atoms with Crippen molar-refractivity contribution >= 4 is 19.9 Å². The fourth-order valence-electron chi connectivity index (χ4n) is 3.01. The summed E-state index contributed by atoms with van der Waals surface area (Å²) in [6.07, 6.45) is 2.25. The van der Waals surface area contributed by atoms with Gasteiger partial charge >= 0.3 is 0 Å². The van der Waals surface area contributed by atoms with Crippen LogP contribution in [0.4, 0.5) is 0 Å². The van der Waals surface area contributed by atoms with E-state index in [0.29, 0.717) is 10.4 Å². The highest BCUT2D eigenvalue weighted by Gasteiger charge is 2.73. The molecule has 0 N–H and O–H groups in total. The molecule has 2 aliphatic heterocycles. The third-order valence-electron chi connectivity index (χ3n) is 4.18. The highest BCUT2D eigenvalue weighted by molar-refractivity contribution is 7.49. The standard InChI is InChI=1S/C13H13NPS/c1-12-9-6-8-16-11(9)10-5-3-4-7-14(10)13(12,2)15-12/h3-8,15H,1-2H3/q+1. The first-order valence-electron chi connectivity index (χ1n) is 5.56. The lowest BCUT2D eigenvalue weighted by Gasteiger charge is -2.21. The van der Waals surface area contributed by atoms with Crippen LogP contribution >= 0.6 is 19.9 Å². The number of rotatable bonds is 0. The van der Waals surface area contributed by atoms with E-state index in [1.54, 1.807) is 5.56 Å². The van der Waals surface area contributed by atoms with Crippen molar-refractivity contribution in [1.29, 1.82) is 0 Å². The molecule has 0 amide bonds. The summed E-state index contributed by atoms with van der Waals surface area (Å²) in [5.41, 5.74) is 2.97. The van der Waals surface area contributed by atoms with Gasteiger partial charge in [-0.2, -0.15) is 4.57 Å². The Labute approximate surface area is 101 Å². The molecule has 1 fully saturated rings. The molecular formula is C13H13NPS+. The van der Waals surface area contributed by atoms with Crippen LogP contribution in [0.15, 0.2) is 35.8 Å². The minimum absolute atomic E-state index is 0.331. The smallest absolute Gasteiger partial charge is 0.188 e. The van der Waals surface area contributed by atoms with Crippen molar-refractivity contribution in [1.82, 2.24) is 0 Å². The van der Waals surface area contributed by atoms with Crippen molar-refractivity contribution in [2.24, 2.45) is 0 Å². The van der Waals surface area contributed by atoms with Crippen molar-refractivity contribution in [3.8, 4) is 10.6 Å². The van der Waals surface area contributed by atoms with Crippen LogP contribution in [0.2, 0.25) is 0 Å². The summed E-state index contributed by atoms with van der Waals surface area (Å²) < 4.78 is 2.49. The predicted octanol–water partition coefficient (Wildman–Crippen LogP) is 3.30. The Balaban J connectivity index is 2.14. The fraction of sp³-hybridized carbons (Fsp3) is 0.308. The molecule has 0 aliphatic carbocycles. The minimum Gasteiger partial charge on any atom is -0.188 e. The number of aromatic nitrogens is 1. The highest BCUT2D eigenvalue weighted by Crippen LogP contribution is 2.78. The predicted molar refractivity (Wildman–Crippen MR) is 69.3 cm³/mol. The Hall–Kier alpha value is -0.720. The van der Waals surface area contributed by atoms with E-state index in [2.05, 4.69) is 54.3 Å². The average molecular weight is 246 g/mol. The summed E-state index contributed by atoms with van der Waals surface area (Å²) >= 11 is 1.88. The summed E-state index contributed by atoms with van der Waals surface area (Å²) in [5, 5.41) is 2.96. The average Bonchev–Trinajstić information content (AvgIpc) is 2.69. The van der Waals surface area contributed by atoms with E-state index in [0.717, 1.165) is 8.58 Å². The number of pyridine rings is 1. The van der Waals surface area contributed by atoms with E-state index in [4.69, 9.17) is 0 Å². The highest BCUT2D eigenvalue weighted by atomic mass is 32.1. The van der Waals surface area contributed by atoms with Gasteiger partial charge < -0.3 is 0 Å². The molecule has 3 atom stereocenters. The molecule has 2 aromatic rings. The monoisotopic (exact) mass is 246 g/mol. The van der Waals surface area contributed by atoms with Crippen LogP contribution in [0.3, 0.4) is 0 Å². The van der Waals surface area contributed by atoms with Crippen LogP contribution in [0.1, 0.15) is 19.4 Å². The van der Waals surface area contributed by atoms with Crippen molar-refractivity contribution in [3.05, 3.63) is 41.4 Å². The number of nitrogens with zero attached hydrogens (tertiary/aromatic N) is 1. The second-order valence-corrected chi connectivity index (χ2v) is 8.08.